The van der Waals surface area contributed by atoms with Crippen LogP contribution in [0.3, 0.4) is 0 Å². The molecule has 2 fully saturated rings. The number of hydrogen-bond acceptors (Lipinski definition) is 3. The molecular weight excluding hydrogens is 326 g/mol. The Morgan fingerprint density at radius 1 is 1.38 bits per heavy atom. The maximum absolute atomic E-state index is 6.15. The number of halogens is 1. The summed E-state index contributed by atoms with van der Waals surface area (Å²) in [5, 5.41) is 0. The number of benzene rings is 1. The fraction of sp³-hybridized carbons (Fsp3) is 0.647. The lowest BCUT2D eigenvalue weighted by Gasteiger charge is -2.46. The number of fused-ring (bicyclic) bond motifs is 1. The van der Waals surface area contributed by atoms with Crippen LogP contribution in [0.1, 0.15) is 36.9 Å². The highest BCUT2D eigenvalue weighted by molar-refractivity contribution is 9.10. The minimum absolute atomic E-state index is 0.333. The summed E-state index contributed by atoms with van der Waals surface area (Å²) in [6.45, 7) is 8.80. The summed E-state index contributed by atoms with van der Waals surface area (Å²) < 4.78 is 1.19. The molecule has 0 radical (unpaired) electrons. The molecule has 3 unspecified atom stereocenters. The van der Waals surface area contributed by atoms with Gasteiger partial charge in [0.2, 0.25) is 0 Å². The Kier molecular flexibility index (Phi) is 4.69. The molecule has 4 heteroatoms. The van der Waals surface area contributed by atoms with E-state index < -0.39 is 0 Å². The zero-order valence-electron chi connectivity index (χ0n) is 13.1. The van der Waals surface area contributed by atoms with Gasteiger partial charge >= 0.3 is 0 Å². The second-order valence-corrected chi connectivity index (χ2v) is 7.45. The average Bonchev–Trinajstić information content (AvgIpc) is 2.90. The van der Waals surface area contributed by atoms with Crippen molar-refractivity contribution in [3.8, 4) is 0 Å². The molecule has 21 heavy (non-hydrogen) atoms. The lowest BCUT2D eigenvalue weighted by Crippen LogP contribution is -2.56. The van der Waals surface area contributed by atoms with E-state index in [1.807, 2.05) is 0 Å². The van der Waals surface area contributed by atoms with Crippen LogP contribution in [0, 0.1) is 6.92 Å². The molecule has 116 valence electrons. The van der Waals surface area contributed by atoms with Gasteiger partial charge in [0.05, 0.1) is 0 Å². The Balaban J connectivity index is 1.83. The Morgan fingerprint density at radius 2 is 2.19 bits per heavy atom. The highest BCUT2D eigenvalue weighted by atomic mass is 79.9. The third-order valence-electron chi connectivity index (χ3n) is 5.19. The molecule has 0 spiro atoms. The van der Waals surface area contributed by atoms with Crippen LogP contribution < -0.4 is 5.73 Å². The Labute approximate surface area is 136 Å². The number of nitrogens with two attached hydrogens (primary N) is 1. The molecular formula is C17H26BrN3. The van der Waals surface area contributed by atoms with Crippen LogP contribution in [0.15, 0.2) is 22.7 Å². The Hall–Kier alpha value is -0.420. The van der Waals surface area contributed by atoms with Crippen molar-refractivity contribution in [3.05, 3.63) is 33.8 Å². The minimum Gasteiger partial charge on any atom is -0.329 e. The van der Waals surface area contributed by atoms with Crippen LogP contribution in [-0.4, -0.2) is 48.1 Å². The van der Waals surface area contributed by atoms with Gasteiger partial charge in [-0.15, -0.1) is 0 Å². The minimum atomic E-state index is 0.333. The van der Waals surface area contributed by atoms with E-state index in [0.717, 1.165) is 12.6 Å². The van der Waals surface area contributed by atoms with Crippen molar-refractivity contribution in [2.24, 2.45) is 5.73 Å². The number of hydrogen-bond donors (Lipinski definition) is 1. The van der Waals surface area contributed by atoms with Gasteiger partial charge in [-0.05, 0) is 50.4 Å². The van der Waals surface area contributed by atoms with Crippen molar-refractivity contribution in [1.82, 2.24) is 9.80 Å². The molecule has 2 saturated heterocycles. The summed E-state index contributed by atoms with van der Waals surface area (Å²) in [6, 6.07) is 8.33. The van der Waals surface area contributed by atoms with Gasteiger partial charge < -0.3 is 5.73 Å². The highest BCUT2D eigenvalue weighted by Crippen LogP contribution is 2.32. The molecule has 2 aliphatic rings. The lowest BCUT2D eigenvalue weighted by molar-refractivity contribution is 0.0296. The number of nitrogens with zero attached hydrogens (tertiary/aromatic N) is 2. The molecule has 2 aliphatic heterocycles. The molecule has 0 saturated carbocycles. The quantitative estimate of drug-likeness (QED) is 0.908. The molecule has 1 aromatic carbocycles. The predicted molar refractivity (Wildman–Crippen MR) is 91.4 cm³/mol. The van der Waals surface area contributed by atoms with Crippen molar-refractivity contribution >= 4 is 15.9 Å². The average molecular weight is 352 g/mol. The van der Waals surface area contributed by atoms with E-state index in [2.05, 4.69) is 57.8 Å². The zero-order chi connectivity index (χ0) is 15.0. The standard InChI is InChI=1S/C17H26BrN3/c1-12-5-6-14(8-16(12)18)17(9-19)21-11-15-4-3-7-20(15)10-13(21)2/h5-6,8,13,15,17H,3-4,7,9-11,19H2,1-2H3. The third-order valence-corrected chi connectivity index (χ3v) is 6.04. The molecule has 1 aromatic rings. The topological polar surface area (TPSA) is 32.5 Å². The number of piperazine rings is 1. The largest absolute Gasteiger partial charge is 0.329 e. The summed E-state index contributed by atoms with van der Waals surface area (Å²) >= 11 is 3.66. The normalized spacial score (nSPS) is 28.6. The second-order valence-electron chi connectivity index (χ2n) is 6.60. The molecule has 2 N–H and O–H groups in total. The summed E-state index contributed by atoms with van der Waals surface area (Å²) in [4.78, 5) is 5.30. The fourth-order valence-corrected chi connectivity index (χ4v) is 4.32. The molecule has 0 bridgehead atoms. The number of rotatable bonds is 3. The second kappa shape index (κ2) is 6.37. The van der Waals surface area contributed by atoms with E-state index in [9.17, 15) is 0 Å². The van der Waals surface area contributed by atoms with Crippen LogP contribution in [0.25, 0.3) is 0 Å². The third kappa shape index (κ3) is 3.04. The van der Waals surface area contributed by atoms with Gasteiger partial charge in [0, 0.05) is 42.2 Å². The molecule has 3 atom stereocenters. The van der Waals surface area contributed by atoms with E-state index in [4.69, 9.17) is 5.73 Å². The van der Waals surface area contributed by atoms with E-state index in [0.29, 0.717) is 18.6 Å². The van der Waals surface area contributed by atoms with Crippen LogP contribution in [-0.2, 0) is 0 Å². The van der Waals surface area contributed by atoms with Crippen molar-refractivity contribution in [3.63, 3.8) is 0 Å². The van der Waals surface area contributed by atoms with E-state index >= 15 is 0 Å². The van der Waals surface area contributed by atoms with Gasteiger partial charge in [0.15, 0.2) is 0 Å². The summed E-state index contributed by atoms with van der Waals surface area (Å²) in [5.41, 5.74) is 8.77. The molecule has 3 rings (SSSR count). The van der Waals surface area contributed by atoms with Crippen molar-refractivity contribution < 1.29 is 0 Å². The van der Waals surface area contributed by atoms with Gasteiger partial charge in [-0.25, -0.2) is 0 Å². The molecule has 0 aliphatic carbocycles. The van der Waals surface area contributed by atoms with E-state index in [1.165, 1.54) is 41.5 Å². The first-order valence-electron chi connectivity index (χ1n) is 8.06. The lowest BCUT2D eigenvalue weighted by atomic mass is 9.99. The van der Waals surface area contributed by atoms with Crippen LogP contribution in [0.5, 0.6) is 0 Å². The summed E-state index contributed by atoms with van der Waals surface area (Å²) in [6.07, 6.45) is 2.70. The van der Waals surface area contributed by atoms with Crippen LogP contribution >= 0.6 is 15.9 Å². The summed E-state index contributed by atoms with van der Waals surface area (Å²) in [5.74, 6) is 0. The molecule has 3 nitrogen and oxygen atoms in total. The molecule has 0 amide bonds. The van der Waals surface area contributed by atoms with Crippen molar-refractivity contribution in [2.75, 3.05) is 26.2 Å². The molecule has 2 heterocycles. The predicted octanol–water partition coefficient (Wildman–Crippen LogP) is 2.93. The maximum Gasteiger partial charge on any atom is 0.0474 e. The van der Waals surface area contributed by atoms with Crippen LogP contribution in [0.4, 0.5) is 0 Å². The van der Waals surface area contributed by atoms with Gasteiger partial charge in [-0.1, -0.05) is 28.1 Å². The van der Waals surface area contributed by atoms with E-state index in [-0.39, 0.29) is 0 Å². The number of aryl methyl sites for hydroxylation is 1. The van der Waals surface area contributed by atoms with Gasteiger partial charge in [-0.2, -0.15) is 0 Å². The zero-order valence-corrected chi connectivity index (χ0v) is 14.6. The van der Waals surface area contributed by atoms with Crippen molar-refractivity contribution in [1.29, 1.82) is 0 Å². The Bertz CT molecular complexity index is 505. The van der Waals surface area contributed by atoms with Crippen molar-refractivity contribution in [2.45, 2.75) is 44.8 Å². The smallest absolute Gasteiger partial charge is 0.0474 e. The first-order valence-corrected chi connectivity index (χ1v) is 8.85. The van der Waals surface area contributed by atoms with E-state index in [1.54, 1.807) is 0 Å². The van der Waals surface area contributed by atoms with Gasteiger partial charge in [-0.3, -0.25) is 9.80 Å². The monoisotopic (exact) mass is 351 g/mol. The highest BCUT2D eigenvalue weighted by Gasteiger charge is 2.37. The Morgan fingerprint density at radius 3 is 2.90 bits per heavy atom. The van der Waals surface area contributed by atoms with Gasteiger partial charge in [0.25, 0.3) is 0 Å². The molecule has 0 aromatic heterocycles. The summed E-state index contributed by atoms with van der Waals surface area (Å²) in [7, 11) is 0. The SMILES string of the molecule is Cc1ccc(C(CN)N2CC3CCCN3CC2C)cc1Br. The first-order chi connectivity index (χ1) is 10.1. The van der Waals surface area contributed by atoms with Gasteiger partial charge in [0.1, 0.15) is 0 Å². The first kappa shape index (κ1) is 15.5. The van der Waals surface area contributed by atoms with Crippen LogP contribution in [0.2, 0.25) is 0 Å². The fourth-order valence-electron chi connectivity index (χ4n) is 3.92. The maximum atomic E-state index is 6.15.